The molecule has 4 rings (SSSR count). The van der Waals surface area contributed by atoms with Gasteiger partial charge in [-0.25, -0.2) is 4.79 Å². The van der Waals surface area contributed by atoms with Gasteiger partial charge in [0.25, 0.3) is 5.91 Å². The molecule has 1 saturated heterocycles. The fourth-order valence-corrected chi connectivity index (χ4v) is 4.00. The number of halogens is 3. The van der Waals surface area contributed by atoms with Gasteiger partial charge in [-0.2, -0.15) is 13.2 Å². The lowest BCUT2D eigenvalue weighted by Gasteiger charge is -2.39. The third kappa shape index (κ3) is 6.30. The van der Waals surface area contributed by atoms with Crippen LogP contribution in [0.3, 0.4) is 0 Å². The zero-order chi connectivity index (χ0) is 23.1. The predicted molar refractivity (Wildman–Crippen MR) is 106 cm³/mol. The van der Waals surface area contributed by atoms with Crippen molar-refractivity contribution in [2.75, 3.05) is 19.7 Å². The van der Waals surface area contributed by atoms with Crippen molar-refractivity contribution < 1.29 is 37.0 Å². The smallest absolute Gasteiger partial charge is 0.475 e. The van der Waals surface area contributed by atoms with Gasteiger partial charge in [0.2, 0.25) is 0 Å². The Balaban J connectivity index is 0.000000360. The minimum Gasteiger partial charge on any atom is -0.475 e. The van der Waals surface area contributed by atoms with E-state index in [2.05, 4.69) is 21.3 Å². The van der Waals surface area contributed by atoms with Gasteiger partial charge in [0, 0.05) is 44.0 Å². The third-order valence-corrected chi connectivity index (χ3v) is 5.46. The molecule has 32 heavy (non-hydrogen) atoms. The monoisotopic (exact) mass is 455 g/mol. The van der Waals surface area contributed by atoms with Gasteiger partial charge in [-0.1, -0.05) is 6.07 Å². The van der Waals surface area contributed by atoms with Crippen LogP contribution in [0, 0.1) is 5.92 Å². The highest BCUT2D eigenvalue weighted by atomic mass is 19.4. The van der Waals surface area contributed by atoms with Gasteiger partial charge in [-0.15, -0.1) is 0 Å². The van der Waals surface area contributed by atoms with Crippen molar-refractivity contribution in [1.82, 2.24) is 15.2 Å². The van der Waals surface area contributed by atoms with Crippen molar-refractivity contribution in [3.8, 4) is 0 Å². The van der Waals surface area contributed by atoms with Crippen LogP contribution in [0.2, 0.25) is 0 Å². The number of fused-ring (bicyclic) bond motifs is 1. The number of carboxylic acid groups (broad SMARTS) is 1. The molecule has 1 aliphatic heterocycles. The second-order valence-electron chi connectivity index (χ2n) is 7.56. The van der Waals surface area contributed by atoms with Crippen molar-refractivity contribution in [3.63, 3.8) is 0 Å². The van der Waals surface area contributed by atoms with Crippen molar-refractivity contribution in [2.24, 2.45) is 5.92 Å². The molecule has 11 heteroatoms. The Bertz CT molecular complexity index is 877. The number of carboxylic acids is 1. The maximum atomic E-state index is 12.1. The molecule has 0 aromatic carbocycles. The average molecular weight is 455 g/mol. The van der Waals surface area contributed by atoms with Crippen molar-refractivity contribution in [2.45, 2.75) is 37.7 Å². The topological polar surface area (TPSA) is 105 Å². The minimum atomic E-state index is -5.08. The van der Waals surface area contributed by atoms with E-state index in [0.717, 1.165) is 32.5 Å². The lowest BCUT2D eigenvalue weighted by molar-refractivity contribution is -0.192. The first kappa shape index (κ1) is 23.7. The lowest BCUT2D eigenvalue weighted by atomic mass is 10.0. The summed E-state index contributed by atoms with van der Waals surface area (Å²) in [4.78, 5) is 27.7. The summed E-state index contributed by atoms with van der Waals surface area (Å²) in [7, 11) is 0. The van der Waals surface area contributed by atoms with Gasteiger partial charge in [-0.3, -0.25) is 14.7 Å². The lowest BCUT2D eigenvalue weighted by Crippen LogP contribution is -2.50. The number of aromatic nitrogens is 1. The summed E-state index contributed by atoms with van der Waals surface area (Å²) in [6, 6.07) is 7.92. The number of furan rings is 1. The fourth-order valence-electron chi connectivity index (χ4n) is 4.00. The number of pyridine rings is 1. The molecule has 174 valence electrons. The number of carbonyl (C=O) groups excluding carboxylic acids is 1. The Labute approximate surface area is 182 Å². The number of nitrogens with zero attached hydrogens (tertiary/aromatic N) is 2. The van der Waals surface area contributed by atoms with E-state index in [9.17, 15) is 18.0 Å². The molecule has 2 aromatic heterocycles. The summed E-state index contributed by atoms with van der Waals surface area (Å²) in [5.41, 5.74) is 1.23. The normalized spacial score (nSPS) is 23.0. The number of ether oxygens (including phenoxy) is 1. The summed E-state index contributed by atoms with van der Waals surface area (Å²) in [6.07, 6.45) is 2.52. The van der Waals surface area contributed by atoms with Crippen molar-refractivity contribution >= 4 is 11.9 Å². The number of hydrogen-bond acceptors (Lipinski definition) is 6. The van der Waals surface area contributed by atoms with Gasteiger partial charge in [0.15, 0.2) is 5.76 Å². The molecule has 2 aliphatic rings. The molecule has 0 radical (unpaired) electrons. The number of alkyl halides is 3. The average Bonchev–Trinajstić information content (AvgIpc) is 3.43. The van der Waals surface area contributed by atoms with E-state index < -0.39 is 12.1 Å². The predicted octanol–water partition coefficient (Wildman–Crippen LogP) is 2.72. The van der Waals surface area contributed by atoms with Gasteiger partial charge < -0.3 is 19.6 Å². The largest absolute Gasteiger partial charge is 0.490 e. The molecule has 0 spiro atoms. The fraction of sp³-hybridized carbons (Fsp3) is 0.476. The molecule has 3 atom stereocenters. The molecule has 1 amide bonds. The van der Waals surface area contributed by atoms with Crippen LogP contribution >= 0.6 is 0 Å². The second kappa shape index (κ2) is 10.6. The molecular formula is C21H24F3N3O5. The Morgan fingerprint density at radius 3 is 2.66 bits per heavy atom. The van der Waals surface area contributed by atoms with Crippen LogP contribution in [0.15, 0.2) is 47.3 Å². The third-order valence-electron chi connectivity index (χ3n) is 5.46. The van der Waals surface area contributed by atoms with E-state index in [1.165, 1.54) is 11.8 Å². The summed E-state index contributed by atoms with van der Waals surface area (Å²) in [5.74, 6) is -2.21. The Kier molecular flexibility index (Phi) is 7.86. The molecule has 2 fully saturated rings. The standard InChI is InChI=1S/C19H23N3O3.C2HF3O2/c23-19(17-4-2-9-24-17)21-12-15-5-6-16-18(15)25-10-8-22(16)13-14-3-1-7-20-11-14;3-2(4,5)1(6)7/h1-4,7,9,11,15-16,18H,5-6,8,10,12-13H2,(H,21,23);(H,6,7). The van der Waals surface area contributed by atoms with Crippen LogP contribution in [0.25, 0.3) is 0 Å². The first-order valence-electron chi connectivity index (χ1n) is 10.1. The highest BCUT2D eigenvalue weighted by molar-refractivity contribution is 5.91. The highest BCUT2D eigenvalue weighted by Crippen LogP contribution is 2.35. The van der Waals surface area contributed by atoms with Crippen LogP contribution in [0.1, 0.15) is 29.0 Å². The van der Waals surface area contributed by atoms with Gasteiger partial charge in [-0.05, 0) is 36.6 Å². The number of amides is 1. The van der Waals surface area contributed by atoms with E-state index >= 15 is 0 Å². The Hall–Kier alpha value is -2.92. The minimum absolute atomic E-state index is 0.156. The molecule has 2 aromatic rings. The second-order valence-corrected chi connectivity index (χ2v) is 7.56. The number of carbonyl (C=O) groups is 2. The zero-order valence-electron chi connectivity index (χ0n) is 17.1. The number of rotatable bonds is 5. The van der Waals surface area contributed by atoms with Gasteiger partial charge in [0.05, 0.1) is 19.0 Å². The molecule has 3 unspecified atom stereocenters. The molecule has 3 heterocycles. The van der Waals surface area contributed by atoms with E-state index in [1.807, 2.05) is 12.3 Å². The van der Waals surface area contributed by atoms with Gasteiger partial charge >= 0.3 is 12.1 Å². The van der Waals surface area contributed by atoms with Crippen molar-refractivity contribution in [3.05, 3.63) is 54.2 Å². The number of nitrogens with one attached hydrogen (secondary N) is 1. The molecule has 8 nitrogen and oxygen atoms in total. The Morgan fingerprint density at radius 2 is 2.03 bits per heavy atom. The summed E-state index contributed by atoms with van der Waals surface area (Å²) in [5, 5.41) is 10.1. The van der Waals surface area contributed by atoms with E-state index in [1.54, 1.807) is 18.3 Å². The number of hydrogen-bond donors (Lipinski definition) is 2. The van der Waals surface area contributed by atoms with E-state index in [0.29, 0.717) is 24.3 Å². The molecule has 1 aliphatic carbocycles. The summed E-state index contributed by atoms with van der Waals surface area (Å²) < 4.78 is 43.0. The molecule has 1 saturated carbocycles. The molecule has 0 bridgehead atoms. The van der Waals surface area contributed by atoms with Crippen LogP contribution in [0.5, 0.6) is 0 Å². The maximum absolute atomic E-state index is 12.1. The molecular weight excluding hydrogens is 431 g/mol. The van der Waals surface area contributed by atoms with Crippen LogP contribution in [-0.2, 0) is 16.1 Å². The number of morpholine rings is 1. The first-order chi connectivity index (χ1) is 15.3. The van der Waals surface area contributed by atoms with Crippen LogP contribution in [-0.4, -0.2) is 64.9 Å². The number of aliphatic carboxylic acids is 1. The van der Waals surface area contributed by atoms with Gasteiger partial charge in [0.1, 0.15) is 0 Å². The van der Waals surface area contributed by atoms with Crippen LogP contribution in [0.4, 0.5) is 13.2 Å². The van der Waals surface area contributed by atoms with E-state index in [4.69, 9.17) is 19.1 Å². The SMILES string of the molecule is O=C(NCC1CCC2C1OCCN2Cc1cccnc1)c1ccco1.O=C(O)C(F)(F)F. The first-order valence-corrected chi connectivity index (χ1v) is 10.1. The molecule has 2 N–H and O–H groups in total. The highest BCUT2D eigenvalue weighted by Gasteiger charge is 2.42. The van der Waals surface area contributed by atoms with Crippen LogP contribution < -0.4 is 5.32 Å². The maximum Gasteiger partial charge on any atom is 0.490 e. The summed E-state index contributed by atoms with van der Waals surface area (Å²) >= 11 is 0. The quantitative estimate of drug-likeness (QED) is 0.714. The Morgan fingerprint density at radius 1 is 1.25 bits per heavy atom. The van der Waals surface area contributed by atoms with Crippen molar-refractivity contribution in [1.29, 1.82) is 0 Å². The summed E-state index contributed by atoms with van der Waals surface area (Å²) in [6.45, 7) is 3.22. The van der Waals surface area contributed by atoms with E-state index in [-0.39, 0.29) is 12.0 Å². The zero-order valence-corrected chi connectivity index (χ0v) is 17.1.